The molecule has 1 N–H and O–H groups in total. The lowest BCUT2D eigenvalue weighted by Gasteiger charge is -2.25. The molecule has 0 bridgehead atoms. The molecule has 2 aromatic rings. The van der Waals surface area contributed by atoms with Crippen molar-refractivity contribution in [1.29, 1.82) is 0 Å². The van der Waals surface area contributed by atoms with Crippen LogP contribution in [-0.4, -0.2) is 24.4 Å². The van der Waals surface area contributed by atoms with Gasteiger partial charge in [0.15, 0.2) is 0 Å². The average Bonchev–Trinajstić information content (AvgIpc) is 2.63. The summed E-state index contributed by atoms with van der Waals surface area (Å²) in [4.78, 5) is 2.07. The number of hydrogen-bond acceptors (Lipinski definition) is 3. The predicted molar refractivity (Wildman–Crippen MR) is 87.8 cm³/mol. The summed E-state index contributed by atoms with van der Waals surface area (Å²) in [6, 6.07) is 10.4. The molecule has 1 heterocycles. The summed E-state index contributed by atoms with van der Waals surface area (Å²) >= 11 is 3.51. The number of β-amino-alcohol motifs (C(OH)–C–C–N with tert-alkyl or cyclic N) is 1. The minimum Gasteiger partial charge on any atom is -0.489 e. The number of rotatable bonds is 2. The molecule has 0 aromatic heterocycles. The number of nitrogens with zero attached hydrogens (tertiary/aromatic N) is 1. The summed E-state index contributed by atoms with van der Waals surface area (Å²) in [6.45, 7) is 3.35. The third-order valence-corrected chi connectivity index (χ3v) is 4.58. The van der Waals surface area contributed by atoms with Crippen LogP contribution in [0.1, 0.15) is 11.1 Å². The van der Waals surface area contributed by atoms with Gasteiger partial charge in [-0.2, -0.15) is 0 Å². The molecule has 0 spiro atoms. The molecule has 3 nitrogen and oxygen atoms in total. The van der Waals surface area contributed by atoms with E-state index >= 15 is 0 Å². The number of benzene rings is 2. The Labute approximate surface area is 137 Å². The van der Waals surface area contributed by atoms with Crippen LogP contribution in [0.25, 0.3) is 0 Å². The third-order valence-electron chi connectivity index (χ3n) is 3.73. The fourth-order valence-electron chi connectivity index (χ4n) is 2.56. The lowest BCUT2D eigenvalue weighted by Crippen LogP contribution is -2.32. The van der Waals surface area contributed by atoms with Crippen LogP contribution in [0.3, 0.4) is 0 Å². The molecule has 0 radical (unpaired) electrons. The zero-order valence-corrected chi connectivity index (χ0v) is 13.8. The lowest BCUT2D eigenvalue weighted by molar-refractivity contribution is 0.118. The first-order chi connectivity index (χ1) is 10.5. The minimum atomic E-state index is -0.563. The number of ether oxygens (including phenoxy) is 1. The van der Waals surface area contributed by atoms with E-state index in [9.17, 15) is 9.50 Å². The fourth-order valence-corrected chi connectivity index (χ4v) is 2.88. The van der Waals surface area contributed by atoms with Gasteiger partial charge in [-0.3, -0.25) is 0 Å². The molecule has 0 saturated carbocycles. The van der Waals surface area contributed by atoms with Gasteiger partial charge in [0.1, 0.15) is 24.3 Å². The van der Waals surface area contributed by atoms with E-state index in [1.54, 1.807) is 12.1 Å². The van der Waals surface area contributed by atoms with Crippen LogP contribution in [0.5, 0.6) is 5.75 Å². The summed E-state index contributed by atoms with van der Waals surface area (Å²) in [7, 11) is 0. The number of anilines is 1. The number of hydrogen-bond donors (Lipinski definition) is 1. The second-order valence-corrected chi connectivity index (χ2v) is 6.40. The summed E-state index contributed by atoms with van der Waals surface area (Å²) in [5, 5.41) is 10.1. The van der Waals surface area contributed by atoms with Gasteiger partial charge in [0.25, 0.3) is 0 Å². The quantitative estimate of drug-likeness (QED) is 0.881. The van der Waals surface area contributed by atoms with E-state index in [-0.39, 0.29) is 12.4 Å². The largest absolute Gasteiger partial charge is 0.489 e. The van der Waals surface area contributed by atoms with Crippen LogP contribution >= 0.6 is 15.9 Å². The highest BCUT2D eigenvalue weighted by Gasteiger charge is 2.22. The van der Waals surface area contributed by atoms with E-state index in [2.05, 4.69) is 20.8 Å². The Hall–Kier alpha value is -1.59. The second kappa shape index (κ2) is 6.26. The molecule has 116 valence electrons. The smallest absolute Gasteiger partial charge is 0.143 e. The number of halogens is 2. The number of aliphatic hydroxyl groups is 1. The molecule has 0 fully saturated rings. The lowest BCUT2D eigenvalue weighted by atomic mass is 10.1. The highest BCUT2D eigenvalue weighted by Crippen LogP contribution is 2.36. The first-order valence-electron chi connectivity index (χ1n) is 7.13. The van der Waals surface area contributed by atoms with Crippen molar-refractivity contribution in [3.8, 4) is 5.75 Å². The summed E-state index contributed by atoms with van der Waals surface area (Å²) < 4.78 is 19.7. The van der Waals surface area contributed by atoms with Crippen LogP contribution < -0.4 is 9.64 Å². The normalized spacial score (nSPS) is 17.6. The van der Waals surface area contributed by atoms with Crippen LogP contribution in [0.2, 0.25) is 0 Å². The summed E-state index contributed by atoms with van der Waals surface area (Å²) in [5.41, 5.74) is 3.03. The van der Waals surface area contributed by atoms with Gasteiger partial charge in [-0.25, -0.2) is 4.39 Å². The van der Waals surface area contributed by atoms with Crippen molar-refractivity contribution in [2.75, 3.05) is 18.1 Å². The molecule has 0 amide bonds. The zero-order chi connectivity index (χ0) is 15.7. The van der Waals surface area contributed by atoms with Gasteiger partial charge in [-0.1, -0.05) is 28.1 Å². The molecule has 1 aliphatic heterocycles. The van der Waals surface area contributed by atoms with Crippen molar-refractivity contribution in [2.45, 2.75) is 19.6 Å². The van der Waals surface area contributed by atoms with Crippen LogP contribution in [0, 0.1) is 12.7 Å². The Morgan fingerprint density at radius 2 is 2.05 bits per heavy atom. The number of aryl methyl sites for hydroxylation is 1. The molecule has 5 heteroatoms. The predicted octanol–water partition coefficient (Wildman–Crippen LogP) is 3.66. The Kier molecular flexibility index (Phi) is 4.36. The van der Waals surface area contributed by atoms with Crippen LogP contribution in [0.15, 0.2) is 40.9 Å². The third kappa shape index (κ3) is 3.25. The summed E-state index contributed by atoms with van der Waals surface area (Å²) in [6.07, 6.45) is -0.563. The average molecular weight is 366 g/mol. The number of fused-ring (bicyclic) bond motifs is 1. The first kappa shape index (κ1) is 15.3. The standard InChI is InChI=1S/C17H17BrFNO2/c1-11-6-16-17(7-15(11)18)22-10-14(21)9-20(16)8-12-2-4-13(19)5-3-12/h2-7,14,21H,8-10H2,1H3. The Balaban J connectivity index is 1.95. The van der Waals surface area contributed by atoms with Gasteiger partial charge in [0, 0.05) is 17.6 Å². The zero-order valence-electron chi connectivity index (χ0n) is 12.2. The minimum absolute atomic E-state index is 0.247. The van der Waals surface area contributed by atoms with Gasteiger partial charge >= 0.3 is 0 Å². The molecular weight excluding hydrogens is 349 g/mol. The molecule has 2 aromatic carbocycles. The maximum Gasteiger partial charge on any atom is 0.143 e. The maximum absolute atomic E-state index is 13.0. The molecule has 22 heavy (non-hydrogen) atoms. The molecule has 0 aliphatic carbocycles. The van der Waals surface area contributed by atoms with Crippen molar-refractivity contribution in [3.05, 3.63) is 57.8 Å². The van der Waals surface area contributed by atoms with Crippen molar-refractivity contribution in [3.63, 3.8) is 0 Å². The highest BCUT2D eigenvalue weighted by atomic mass is 79.9. The van der Waals surface area contributed by atoms with Gasteiger partial charge in [-0.15, -0.1) is 0 Å². The van der Waals surface area contributed by atoms with E-state index in [0.717, 1.165) is 27.0 Å². The Bertz CT molecular complexity index is 675. The topological polar surface area (TPSA) is 32.7 Å². The Morgan fingerprint density at radius 3 is 2.77 bits per heavy atom. The van der Waals surface area contributed by atoms with Gasteiger partial charge in [0.05, 0.1) is 5.69 Å². The maximum atomic E-state index is 13.0. The van der Waals surface area contributed by atoms with E-state index in [4.69, 9.17) is 4.74 Å². The van der Waals surface area contributed by atoms with Crippen LogP contribution in [0.4, 0.5) is 10.1 Å². The number of aliphatic hydroxyl groups excluding tert-OH is 1. The van der Waals surface area contributed by atoms with Crippen LogP contribution in [-0.2, 0) is 6.54 Å². The molecular formula is C17H17BrFNO2. The van der Waals surface area contributed by atoms with Crippen molar-refractivity contribution < 1.29 is 14.2 Å². The molecule has 3 rings (SSSR count). The van der Waals surface area contributed by atoms with E-state index < -0.39 is 6.10 Å². The van der Waals surface area contributed by atoms with Gasteiger partial charge in [-0.05, 0) is 42.3 Å². The van der Waals surface area contributed by atoms with E-state index in [0.29, 0.717) is 13.1 Å². The highest BCUT2D eigenvalue weighted by molar-refractivity contribution is 9.10. The molecule has 0 saturated heterocycles. The summed E-state index contributed by atoms with van der Waals surface area (Å²) in [5.74, 6) is 0.499. The van der Waals surface area contributed by atoms with Crippen molar-refractivity contribution >= 4 is 21.6 Å². The molecule has 1 atom stereocenters. The van der Waals surface area contributed by atoms with E-state index in [1.807, 2.05) is 19.1 Å². The van der Waals surface area contributed by atoms with Gasteiger partial charge in [0.2, 0.25) is 0 Å². The fraction of sp³-hybridized carbons (Fsp3) is 0.294. The second-order valence-electron chi connectivity index (χ2n) is 5.54. The Morgan fingerprint density at radius 1 is 1.32 bits per heavy atom. The first-order valence-corrected chi connectivity index (χ1v) is 7.92. The van der Waals surface area contributed by atoms with Crippen molar-refractivity contribution in [2.24, 2.45) is 0 Å². The molecule has 1 aliphatic rings. The monoisotopic (exact) mass is 365 g/mol. The van der Waals surface area contributed by atoms with E-state index in [1.165, 1.54) is 12.1 Å². The van der Waals surface area contributed by atoms with Gasteiger partial charge < -0.3 is 14.7 Å². The van der Waals surface area contributed by atoms with Crippen molar-refractivity contribution in [1.82, 2.24) is 0 Å². The SMILES string of the molecule is Cc1cc2c(cc1Br)OCC(O)CN2Cc1ccc(F)cc1. The molecule has 1 unspecified atom stereocenters.